The zero-order chi connectivity index (χ0) is 21.4. The number of likely N-dealkylation sites (N-methyl/N-ethyl adjacent to an activating group) is 1. The number of hydrogen-bond donors (Lipinski definition) is 3. The fraction of sp³-hybridized carbons (Fsp3) is 0.333. The Kier molecular flexibility index (Phi) is 5.35. The molecule has 0 aliphatic heterocycles. The van der Waals surface area contributed by atoms with E-state index in [0.29, 0.717) is 18.5 Å². The van der Waals surface area contributed by atoms with Gasteiger partial charge in [0.15, 0.2) is 0 Å². The number of carbonyl (C=O) groups is 2. The van der Waals surface area contributed by atoms with Crippen LogP contribution in [0.25, 0.3) is 10.9 Å². The van der Waals surface area contributed by atoms with Gasteiger partial charge >= 0.3 is 0 Å². The molecule has 3 atom stereocenters. The molecule has 2 amide bonds. The SMILES string of the molecule is CC[C@H](O)C(=O)N(C)[C@H]1c2ccccc2C[C@H]1NC(=O)c1cc2cc(C)ccc2[nH]1. The van der Waals surface area contributed by atoms with Crippen molar-refractivity contribution in [3.05, 3.63) is 70.9 Å². The number of aromatic nitrogens is 1. The predicted molar refractivity (Wildman–Crippen MR) is 116 cm³/mol. The van der Waals surface area contributed by atoms with Crippen molar-refractivity contribution in [1.82, 2.24) is 15.2 Å². The molecule has 0 radical (unpaired) electrons. The van der Waals surface area contributed by atoms with Gasteiger partial charge in [0.1, 0.15) is 11.8 Å². The highest BCUT2D eigenvalue weighted by Gasteiger charge is 2.39. The Balaban J connectivity index is 1.61. The lowest BCUT2D eigenvalue weighted by atomic mass is 10.0. The number of rotatable bonds is 5. The van der Waals surface area contributed by atoms with Gasteiger partial charge < -0.3 is 20.3 Å². The third kappa shape index (κ3) is 3.59. The number of benzene rings is 2. The number of carbonyl (C=O) groups excluding carboxylic acids is 2. The van der Waals surface area contributed by atoms with E-state index < -0.39 is 6.10 Å². The van der Waals surface area contributed by atoms with E-state index in [4.69, 9.17) is 0 Å². The molecule has 0 saturated heterocycles. The predicted octanol–water partition coefficient (Wildman–Crippen LogP) is 3.10. The van der Waals surface area contributed by atoms with Gasteiger partial charge in [-0.25, -0.2) is 0 Å². The van der Waals surface area contributed by atoms with Crippen molar-refractivity contribution >= 4 is 22.7 Å². The van der Waals surface area contributed by atoms with Crippen molar-refractivity contribution < 1.29 is 14.7 Å². The minimum absolute atomic E-state index is 0.205. The lowest BCUT2D eigenvalue weighted by Crippen LogP contribution is -2.47. The quantitative estimate of drug-likeness (QED) is 0.610. The number of hydrogen-bond acceptors (Lipinski definition) is 3. The summed E-state index contributed by atoms with van der Waals surface area (Å²) in [5.41, 5.74) is 4.65. The van der Waals surface area contributed by atoms with Crippen molar-refractivity contribution in [3.63, 3.8) is 0 Å². The average Bonchev–Trinajstić information content (AvgIpc) is 3.32. The normalized spacial score (nSPS) is 18.8. The number of amides is 2. The molecule has 0 unspecified atom stereocenters. The van der Waals surface area contributed by atoms with Gasteiger partial charge in [-0.15, -0.1) is 0 Å². The number of nitrogens with one attached hydrogen (secondary N) is 2. The van der Waals surface area contributed by atoms with Gasteiger partial charge in [-0.05, 0) is 49.1 Å². The molecular weight excluding hydrogens is 378 g/mol. The van der Waals surface area contributed by atoms with E-state index in [0.717, 1.165) is 27.6 Å². The third-order valence-electron chi connectivity index (χ3n) is 5.97. The smallest absolute Gasteiger partial charge is 0.268 e. The van der Waals surface area contributed by atoms with Crippen LogP contribution in [0.2, 0.25) is 0 Å². The summed E-state index contributed by atoms with van der Waals surface area (Å²) in [4.78, 5) is 30.5. The van der Waals surface area contributed by atoms with Gasteiger partial charge in [0.2, 0.25) is 0 Å². The summed E-state index contributed by atoms with van der Waals surface area (Å²) < 4.78 is 0. The number of aryl methyl sites for hydroxylation is 1. The average molecular weight is 405 g/mol. The van der Waals surface area contributed by atoms with Crippen LogP contribution < -0.4 is 5.32 Å². The molecule has 0 bridgehead atoms. The Bertz CT molecular complexity index is 1100. The molecule has 2 aromatic carbocycles. The van der Waals surface area contributed by atoms with Gasteiger partial charge in [-0.3, -0.25) is 9.59 Å². The highest BCUT2D eigenvalue weighted by atomic mass is 16.3. The highest BCUT2D eigenvalue weighted by Crippen LogP contribution is 2.36. The van der Waals surface area contributed by atoms with Gasteiger partial charge in [-0.2, -0.15) is 0 Å². The Labute approximate surface area is 175 Å². The van der Waals surface area contributed by atoms with E-state index in [2.05, 4.69) is 10.3 Å². The minimum atomic E-state index is -1.05. The number of aliphatic hydroxyl groups excluding tert-OH is 1. The molecule has 0 spiro atoms. The zero-order valence-corrected chi connectivity index (χ0v) is 17.5. The number of fused-ring (bicyclic) bond motifs is 2. The summed E-state index contributed by atoms with van der Waals surface area (Å²) in [6.07, 6.45) is -0.0644. The number of H-pyrrole nitrogens is 1. The Hall–Kier alpha value is -3.12. The van der Waals surface area contributed by atoms with Crippen LogP contribution in [0.1, 0.15) is 46.6 Å². The summed E-state index contributed by atoms with van der Waals surface area (Å²) in [5.74, 6) is -0.539. The molecule has 0 fully saturated rings. The molecule has 6 heteroatoms. The molecule has 1 aromatic heterocycles. The first kappa shape index (κ1) is 20.2. The van der Waals surface area contributed by atoms with Gasteiger partial charge in [0, 0.05) is 18.0 Å². The van der Waals surface area contributed by atoms with Crippen LogP contribution in [0.3, 0.4) is 0 Å². The first-order chi connectivity index (χ1) is 14.4. The van der Waals surface area contributed by atoms with Crippen LogP contribution >= 0.6 is 0 Å². The van der Waals surface area contributed by atoms with Gasteiger partial charge in [0.05, 0.1) is 12.1 Å². The second kappa shape index (κ2) is 7.95. The summed E-state index contributed by atoms with van der Waals surface area (Å²) in [5, 5.41) is 14.2. The molecule has 6 nitrogen and oxygen atoms in total. The molecule has 3 N–H and O–H groups in total. The summed E-state index contributed by atoms with van der Waals surface area (Å²) in [6.45, 7) is 3.79. The second-order valence-corrected chi connectivity index (χ2v) is 8.07. The maximum atomic E-state index is 13.0. The van der Waals surface area contributed by atoms with Crippen molar-refractivity contribution in [2.45, 2.75) is 44.9 Å². The van der Waals surface area contributed by atoms with E-state index in [1.165, 1.54) is 0 Å². The monoisotopic (exact) mass is 405 g/mol. The van der Waals surface area contributed by atoms with E-state index in [9.17, 15) is 14.7 Å². The van der Waals surface area contributed by atoms with E-state index in [1.54, 1.807) is 18.9 Å². The van der Waals surface area contributed by atoms with Gasteiger partial charge in [-0.1, -0.05) is 42.8 Å². The van der Waals surface area contributed by atoms with Crippen LogP contribution in [0.15, 0.2) is 48.5 Å². The first-order valence-corrected chi connectivity index (χ1v) is 10.3. The molecule has 156 valence electrons. The largest absolute Gasteiger partial charge is 0.383 e. The summed E-state index contributed by atoms with van der Waals surface area (Å²) in [6, 6.07) is 15.2. The van der Waals surface area contributed by atoms with Crippen molar-refractivity contribution in [1.29, 1.82) is 0 Å². The maximum absolute atomic E-state index is 13.0. The van der Waals surface area contributed by atoms with Gasteiger partial charge in [0.25, 0.3) is 11.8 Å². The van der Waals surface area contributed by atoms with Crippen molar-refractivity contribution in [2.24, 2.45) is 0 Å². The molecular formula is C24H27N3O3. The Morgan fingerprint density at radius 2 is 2.00 bits per heavy atom. The number of aromatic amines is 1. The van der Waals surface area contributed by atoms with E-state index in [1.807, 2.05) is 55.5 Å². The molecule has 1 heterocycles. The minimum Gasteiger partial charge on any atom is -0.383 e. The van der Waals surface area contributed by atoms with Crippen LogP contribution in [0.4, 0.5) is 0 Å². The number of aliphatic hydroxyl groups is 1. The first-order valence-electron chi connectivity index (χ1n) is 10.3. The summed E-state index contributed by atoms with van der Waals surface area (Å²) in [7, 11) is 1.69. The van der Waals surface area contributed by atoms with Crippen molar-refractivity contribution in [3.8, 4) is 0 Å². The summed E-state index contributed by atoms with van der Waals surface area (Å²) >= 11 is 0. The van der Waals surface area contributed by atoms with Crippen LogP contribution in [-0.2, 0) is 11.2 Å². The van der Waals surface area contributed by atoms with Crippen LogP contribution in [0.5, 0.6) is 0 Å². The van der Waals surface area contributed by atoms with E-state index in [-0.39, 0.29) is 23.9 Å². The fourth-order valence-corrected chi connectivity index (χ4v) is 4.35. The topological polar surface area (TPSA) is 85.4 Å². The third-order valence-corrected chi connectivity index (χ3v) is 5.97. The molecule has 0 saturated carbocycles. The molecule has 1 aliphatic rings. The lowest BCUT2D eigenvalue weighted by Gasteiger charge is -2.32. The Morgan fingerprint density at radius 3 is 2.77 bits per heavy atom. The van der Waals surface area contributed by atoms with Crippen LogP contribution in [-0.4, -0.2) is 46.0 Å². The second-order valence-electron chi connectivity index (χ2n) is 8.07. The maximum Gasteiger partial charge on any atom is 0.268 e. The highest BCUT2D eigenvalue weighted by molar-refractivity contribution is 5.98. The molecule has 1 aliphatic carbocycles. The molecule has 3 aromatic rings. The zero-order valence-electron chi connectivity index (χ0n) is 17.5. The molecule has 30 heavy (non-hydrogen) atoms. The lowest BCUT2D eigenvalue weighted by molar-refractivity contribution is -0.141. The molecule has 4 rings (SSSR count). The van der Waals surface area contributed by atoms with Crippen molar-refractivity contribution in [2.75, 3.05) is 7.05 Å². The Morgan fingerprint density at radius 1 is 1.23 bits per heavy atom. The fourth-order valence-electron chi connectivity index (χ4n) is 4.35. The standard InChI is InChI=1S/C24H27N3O3/c1-4-21(28)24(30)27(3)22-17-8-6-5-7-15(17)12-19(22)26-23(29)20-13-16-11-14(2)9-10-18(16)25-20/h5-11,13,19,21-22,25,28H,4,12H2,1-3H3,(H,26,29)/t19-,21+,22+/m1/s1. The van der Waals surface area contributed by atoms with Crippen LogP contribution in [0, 0.1) is 6.92 Å². The van der Waals surface area contributed by atoms with E-state index >= 15 is 0 Å². The number of nitrogens with zero attached hydrogens (tertiary/aromatic N) is 1.